The second kappa shape index (κ2) is 7.40. The molecule has 1 fully saturated rings. The molecule has 1 N–H and O–H groups in total. The molecule has 2 aliphatic rings. The van der Waals surface area contributed by atoms with Crippen LogP contribution in [-0.4, -0.2) is 77.7 Å². The summed E-state index contributed by atoms with van der Waals surface area (Å²) in [7, 11) is -2.28. The van der Waals surface area contributed by atoms with Crippen LogP contribution in [0.5, 0.6) is 0 Å². The highest BCUT2D eigenvalue weighted by molar-refractivity contribution is 7.89. The normalized spacial score (nSPS) is 19.4. The number of aryl methyl sites for hydroxylation is 1. The maximum absolute atomic E-state index is 12.7. The highest BCUT2D eigenvalue weighted by Gasteiger charge is 2.39. The molecule has 10 nitrogen and oxygen atoms in total. The van der Waals surface area contributed by atoms with Gasteiger partial charge in [-0.1, -0.05) is 6.07 Å². The zero-order chi connectivity index (χ0) is 19.7. The van der Waals surface area contributed by atoms with E-state index in [1.165, 1.54) is 10.9 Å². The summed E-state index contributed by atoms with van der Waals surface area (Å²) in [6.45, 7) is 4.35. The molecule has 0 atom stereocenters. The molecule has 11 heteroatoms. The molecule has 4 heterocycles. The molecule has 1 saturated heterocycles. The molecule has 0 spiro atoms. The Labute approximate surface area is 163 Å². The molecule has 0 aromatic carbocycles. The molecule has 0 radical (unpaired) electrons. The predicted octanol–water partition coefficient (Wildman–Crippen LogP) is 0.564. The molecular formula is C17H23N7O3S. The molecule has 2 amide bonds. The summed E-state index contributed by atoms with van der Waals surface area (Å²) < 4.78 is 27.6. The van der Waals surface area contributed by atoms with Crippen molar-refractivity contribution in [1.82, 2.24) is 24.0 Å². The summed E-state index contributed by atoms with van der Waals surface area (Å²) in [6, 6.07) is 5.26. The van der Waals surface area contributed by atoms with Crippen LogP contribution >= 0.6 is 0 Å². The van der Waals surface area contributed by atoms with E-state index in [9.17, 15) is 13.2 Å². The predicted molar refractivity (Wildman–Crippen MR) is 104 cm³/mol. The van der Waals surface area contributed by atoms with E-state index >= 15 is 0 Å². The van der Waals surface area contributed by atoms with Gasteiger partial charge in [0.15, 0.2) is 0 Å². The fraction of sp³-hybridized carbons (Fsp3) is 0.471. The van der Waals surface area contributed by atoms with Crippen LogP contribution < -0.4 is 10.2 Å². The first-order chi connectivity index (χ1) is 13.4. The number of anilines is 2. The van der Waals surface area contributed by atoms with Crippen LogP contribution in [0.2, 0.25) is 0 Å². The minimum Gasteiger partial charge on any atom is -0.354 e. The van der Waals surface area contributed by atoms with Gasteiger partial charge in [0.25, 0.3) is 10.0 Å². The van der Waals surface area contributed by atoms with Crippen molar-refractivity contribution in [2.45, 2.75) is 11.4 Å². The van der Waals surface area contributed by atoms with Crippen molar-refractivity contribution < 1.29 is 13.2 Å². The molecular weight excluding hydrogens is 382 g/mol. The second-order valence-corrected chi connectivity index (χ2v) is 8.68. The summed E-state index contributed by atoms with van der Waals surface area (Å²) in [4.78, 5) is 21.1. The van der Waals surface area contributed by atoms with Crippen LogP contribution in [0.1, 0.15) is 6.42 Å². The van der Waals surface area contributed by atoms with Crippen molar-refractivity contribution in [3.05, 3.63) is 30.6 Å². The van der Waals surface area contributed by atoms with Gasteiger partial charge in [-0.05, 0) is 18.6 Å². The molecule has 0 saturated carbocycles. The van der Waals surface area contributed by atoms with E-state index in [0.717, 1.165) is 42.8 Å². The van der Waals surface area contributed by atoms with E-state index in [1.807, 2.05) is 18.2 Å². The maximum Gasteiger partial charge on any atom is 0.335 e. The van der Waals surface area contributed by atoms with Crippen molar-refractivity contribution >= 4 is 27.6 Å². The first kappa shape index (κ1) is 18.7. The number of amides is 2. The number of piperazine rings is 1. The van der Waals surface area contributed by atoms with Gasteiger partial charge in [-0.25, -0.2) is 14.1 Å². The van der Waals surface area contributed by atoms with E-state index in [-0.39, 0.29) is 17.3 Å². The number of rotatable bonds is 5. The lowest BCUT2D eigenvalue weighted by Gasteiger charge is -2.35. The third-order valence-corrected chi connectivity index (χ3v) is 6.70. The standard InChI is InChI=1S/C17H23N7O3S/c1-21-13-14-16(20-21)28(26,27)24(17(25)19-14)8-4-7-22-9-11-23(12-10-22)15-5-2-3-6-18-15/h2-3,5-6,13H,4,7-12H2,1H3,(H,19,25). The fourth-order valence-electron chi connectivity index (χ4n) is 3.54. The Morgan fingerprint density at radius 3 is 2.64 bits per heavy atom. The second-order valence-electron chi connectivity index (χ2n) is 6.90. The van der Waals surface area contributed by atoms with Gasteiger partial charge in [0, 0.05) is 58.7 Å². The minimum absolute atomic E-state index is 0.0985. The fourth-order valence-corrected chi connectivity index (χ4v) is 4.99. The van der Waals surface area contributed by atoms with Gasteiger partial charge in [0.05, 0.1) is 0 Å². The van der Waals surface area contributed by atoms with Gasteiger partial charge >= 0.3 is 6.03 Å². The molecule has 2 aliphatic heterocycles. The number of sulfonamides is 1. The van der Waals surface area contributed by atoms with Crippen molar-refractivity contribution in [2.75, 3.05) is 49.5 Å². The van der Waals surface area contributed by atoms with E-state index < -0.39 is 16.1 Å². The first-order valence-electron chi connectivity index (χ1n) is 9.21. The van der Waals surface area contributed by atoms with Crippen molar-refractivity contribution in [2.24, 2.45) is 7.05 Å². The van der Waals surface area contributed by atoms with Gasteiger partial charge in [0.1, 0.15) is 11.5 Å². The van der Waals surface area contributed by atoms with Gasteiger partial charge in [-0.15, -0.1) is 0 Å². The quantitative estimate of drug-likeness (QED) is 0.775. The van der Waals surface area contributed by atoms with Gasteiger partial charge in [0.2, 0.25) is 5.03 Å². The molecule has 4 rings (SSSR count). The molecule has 150 valence electrons. The van der Waals surface area contributed by atoms with Crippen molar-refractivity contribution in [3.63, 3.8) is 0 Å². The number of nitrogens with one attached hydrogen (secondary N) is 1. The van der Waals surface area contributed by atoms with Gasteiger partial charge < -0.3 is 10.2 Å². The first-order valence-corrected chi connectivity index (χ1v) is 10.6. The number of carbonyl (C=O) groups excluding carboxylic acids is 1. The highest BCUT2D eigenvalue weighted by atomic mass is 32.2. The largest absolute Gasteiger partial charge is 0.354 e. The average molecular weight is 405 g/mol. The lowest BCUT2D eigenvalue weighted by atomic mass is 10.3. The minimum atomic E-state index is -3.90. The average Bonchev–Trinajstić information content (AvgIpc) is 3.07. The van der Waals surface area contributed by atoms with Crippen LogP contribution in [-0.2, 0) is 17.1 Å². The summed E-state index contributed by atoms with van der Waals surface area (Å²) in [5.41, 5.74) is 0.231. The van der Waals surface area contributed by atoms with Crippen LogP contribution in [0.15, 0.2) is 35.6 Å². The third kappa shape index (κ3) is 3.54. The molecule has 0 unspecified atom stereocenters. The van der Waals surface area contributed by atoms with E-state index in [1.54, 1.807) is 13.2 Å². The number of aromatic nitrogens is 3. The van der Waals surface area contributed by atoms with Crippen LogP contribution in [0, 0.1) is 0 Å². The van der Waals surface area contributed by atoms with E-state index in [4.69, 9.17) is 0 Å². The third-order valence-electron chi connectivity index (χ3n) is 4.98. The smallest absolute Gasteiger partial charge is 0.335 e. The molecule has 28 heavy (non-hydrogen) atoms. The molecule has 2 aromatic heterocycles. The van der Waals surface area contributed by atoms with Crippen LogP contribution in [0.3, 0.4) is 0 Å². The Bertz CT molecular complexity index is 952. The molecule has 0 bridgehead atoms. The number of urea groups is 1. The molecule has 2 aromatic rings. The summed E-state index contributed by atoms with van der Waals surface area (Å²) in [6.07, 6.45) is 3.85. The Kier molecular flexibility index (Phi) is 4.94. The van der Waals surface area contributed by atoms with Crippen molar-refractivity contribution in [1.29, 1.82) is 0 Å². The van der Waals surface area contributed by atoms with Crippen LogP contribution in [0.4, 0.5) is 16.3 Å². The number of nitrogens with zero attached hydrogens (tertiary/aromatic N) is 6. The SMILES string of the molecule is Cn1cc2c(n1)S(=O)(=O)N(CCCN1CCN(c3ccccn3)CC1)C(=O)N2. The number of hydrogen-bond donors (Lipinski definition) is 1. The lowest BCUT2D eigenvalue weighted by Crippen LogP contribution is -2.48. The van der Waals surface area contributed by atoms with Gasteiger partial charge in [-0.3, -0.25) is 9.58 Å². The number of carbonyl (C=O) groups is 1. The summed E-state index contributed by atoms with van der Waals surface area (Å²) >= 11 is 0. The zero-order valence-corrected chi connectivity index (χ0v) is 16.5. The van der Waals surface area contributed by atoms with Crippen molar-refractivity contribution in [3.8, 4) is 0 Å². The zero-order valence-electron chi connectivity index (χ0n) is 15.7. The molecule has 0 aliphatic carbocycles. The number of hydrogen-bond acceptors (Lipinski definition) is 7. The monoisotopic (exact) mass is 405 g/mol. The Hall–Kier alpha value is -2.66. The maximum atomic E-state index is 12.7. The van der Waals surface area contributed by atoms with Gasteiger partial charge in [-0.2, -0.15) is 13.5 Å². The number of pyridine rings is 1. The Morgan fingerprint density at radius 1 is 1.14 bits per heavy atom. The Morgan fingerprint density at radius 2 is 1.93 bits per heavy atom. The lowest BCUT2D eigenvalue weighted by molar-refractivity contribution is 0.225. The highest BCUT2D eigenvalue weighted by Crippen LogP contribution is 2.28. The number of fused-ring (bicyclic) bond motifs is 1. The summed E-state index contributed by atoms with van der Waals surface area (Å²) in [5.74, 6) is 0.976. The van der Waals surface area contributed by atoms with Crippen LogP contribution in [0.25, 0.3) is 0 Å². The van der Waals surface area contributed by atoms with E-state index in [2.05, 4.69) is 25.2 Å². The topological polar surface area (TPSA) is 104 Å². The van der Waals surface area contributed by atoms with E-state index in [0.29, 0.717) is 6.42 Å². The summed E-state index contributed by atoms with van der Waals surface area (Å²) in [5, 5.41) is 6.47. The Balaban J connectivity index is 1.30.